The van der Waals surface area contributed by atoms with Gasteiger partial charge in [0, 0.05) is 43.1 Å². The summed E-state index contributed by atoms with van der Waals surface area (Å²) >= 11 is 1.52. The first-order valence-electron chi connectivity index (χ1n) is 10.00. The first-order chi connectivity index (χ1) is 13.1. The predicted molar refractivity (Wildman–Crippen MR) is 106 cm³/mol. The van der Waals surface area contributed by atoms with Crippen LogP contribution in [0.15, 0.2) is 11.2 Å². The van der Waals surface area contributed by atoms with Gasteiger partial charge in [-0.15, -0.1) is 10.2 Å². The third-order valence-electron chi connectivity index (χ3n) is 5.69. The van der Waals surface area contributed by atoms with Crippen molar-refractivity contribution in [3.63, 3.8) is 0 Å². The van der Waals surface area contributed by atoms with Crippen molar-refractivity contribution in [1.29, 1.82) is 0 Å². The fraction of sp³-hybridized carbons (Fsp3) is 0.650. The lowest BCUT2D eigenvalue weighted by molar-refractivity contribution is 0.0957. The van der Waals surface area contributed by atoms with E-state index in [2.05, 4.69) is 26.3 Å². The Kier molecular flexibility index (Phi) is 5.68. The first-order valence-corrected chi connectivity index (χ1v) is 11.0. The zero-order valence-corrected chi connectivity index (χ0v) is 17.1. The van der Waals surface area contributed by atoms with E-state index in [0.717, 1.165) is 73.3 Å². The molecule has 7 heteroatoms. The molecule has 2 aliphatic heterocycles. The second kappa shape index (κ2) is 8.19. The van der Waals surface area contributed by atoms with E-state index >= 15 is 0 Å². The van der Waals surface area contributed by atoms with Gasteiger partial charge in [-0.25, -0.2) is 0 Å². The molecule has 0 N–H and O–H groups in total. The standard InChI is InChI=1S/C20H28N4O2S/c1-14-11-17(15(2)24(14)12-16-7-6-10-26-16)18(25)13-27-20-22-21-19-8-4-3-5-9-23(19)20/h11,16H,3-10,12-13H2,1-2H3/t16-/m1/s1. The quantitative estimate of drug-likeness (QED) is 0.559. The fourth-order valence-electron chi connectivity index (χ4n) is 4.13. The van der Waals surface area contributed by atoms with E-state index in [1.165, 1.54) is 24.6 Å². The largest absolute Gasteiger partial charge is 0.376 e. The van der Waals surface area contributed by atoms with Gasteiger partial charge in [0.1, 0.15) is 5.82 Å². The summed E-state index contributed by atoms with van der Waals surface area (Å²) in [6, 6.07) is 2.03. The number of nitrogens with zero attached hydrogens (tertiary/aromatic N) is 4. The Morgan fingerprint density at radius 1 is 1.26 bits per heavy atom. The van der Waals surface area contributed by atoms with E-state index in [1.54, 1.807) is 0 Å². The zero-order chi connectivity index (χ0) is 18.8. The molecule has 4 heterocycles. The van der Waals surface area contributed by atoms with Crippen LogP contribution in [0.25, 0.3) is 0 Å². The van der Waals surface area contributed by atoms with Gasteiger partial charge in [0.15, 0.2) is 10.9 Å². The number of carbonyl (C=O) groups is 1. The van der Waals surface area contributed by atoms with E-state index in [4.69, 9.17) is 4.74 Å². The molecule has 1 fully saturated rings. The molecule has 2 aromatic rings. The second-order valence-electron chi connectivity index (χ2n) is 7.60. The molecule has 0 amide bonds. The molecule has 0 aliphatic carbocycles. The third-order valence-corrected chi connectivity index (χ3v) is 6.66. The number of ketones is 1. The van der Waals surface area contributed by atoms with Crippen LogP contribution in [0, 0.1) is 13.8 Å². The minimum Gasteiger partial charge on any atom is -0.376 e. The van der Waals surface area contributed by atoms with Crippen molar-refractivity contribution < 1.29 is 9.53 Å². The Bertz CT molecular complexity index is 820. The Labute approximate surface area is 164 Å². The number of thioether (sulfide) groups is 1. The van der Waals surface area contributed by atoms with Crippen LogP contribution >= 0.6 is 11.8 Å². The number of aromatic nitrogens is 4. The minimum atomic E-state index is 0.165. The number of Topliss-reactive ketones (excluding diaryl/α,β-unsaturated/α-hetero) is 1. The molecule has 1 atom stereocenters. The van der Waals surface area contributed by atoms with Crippen LogP contribution in [0.2, 0.25) is 0 Å². The molecule has 0 aromatic carbocycles. The average Bonchev–Trinajstić information content (AvgIpc) is 3.33. The summed E-state index contributed by atoms with van der Waals surface area (Å²) in [4.78, 5) is 12.9. The summed E-state index contributed by atoms with van der Waals surface area (Å²) in [5, 5.41) is 9.53. The third kappa shape index (κ3) is 3.99. The lowest BCUT2D eigenvalue weighted by atomic mass is 10.2. The van der Waals surface area contributed by atoms with Crippen LogP contribution in [-0.2, 0) is 24.2 Å². The smallest absolute Gasteiger partial charge is 0.191 e. The van der Waals surface area contributed by atoms with Crippen molar-refractivity contribution in [1.82, 2.24) is 19.3 Å². The number of fused-ring (bicyclic) bond motifs is 1. The number of aryl methyl sites for hydroxylation is 2. The monoisotopic (exact) mass is 388 g/mol. The average molecular weight is 389 g/mol. The van der Waals surface area contributed by atoms with E-state index in [9.17, 15) is 4.79 Å². The van der Waals surface area contributed by atoms with Crippen molar-refractivity contribution in [3.05, 3.63) is 28.8 Å². The molecule has 4 rings (SSSR count). The Morgan fingerprint density at radius 2 is 2.15 bits per heavy atom. The van der Waals surface area contributed by atoms with Crippen LogP contribution in [0.1, 0.15) is 59.7 Å². The van der Waals surface area contributed by atoms with Gasteiger partial charge in [-0.05, 0) is 45.6 Å². The Balaban J connectivity index is 1.43. The molecule has 6 nitrogen and oxygen atoms in total. The normalized spacial score (nSPS) is 19.9. The van der Waals surface area contributed by atoms with Gasteiger partial charge in [0.2, 0.25) is 0 Å². The molecule has 2 aromatic heterocycles. The molecule has 0 spiro atoms. The molecule has 0 radical (unpaired) electrons. The van der Waals surface area contributed by atoms with Crippen molar-refractivity contribution in [3.8, 4) is 0 Å². The zero-order valence-electron chi connectivity index (χ0n) is 16.2. The highest BCUT2D eigenvalue weighted by Crippen LogP contribution is 2.25. The summed E-state index contributed by atoms with van der Waals surface area (Å²) < 4.78 is 10.2. The van der Waals surface area contributed by atoms with Gasteiger partial charge < -0.3 is 13.9 Å². The Hall–Kier alpha value is -1.60. The molecular weight excluding hydrogens is 360 g/mol. The van der Waals surface area contributed by atoms with Crippen molar-refractivity contribution in [2.45, 2.75) is 76.7 Å². The Morgan fingerprint density at radius 3 is 2.96 bits per heavy atom. The van der Waals surface area contributed by atoms with E-state index in [0.29, 0.717) is 5.75 Å². The van der Waals surface area contributed by atoms with Crippen LogP contribution in [0.5, 0.6) is 0 Å². The highest BCUT2D eigenvalue weighted by molar-refractivity contribution is 7.99. The highest BCUT2D eigenvalue weighted by atomic mass is 32.2. The van der Waals surface area contributed by atoms with Crippen LogP contribution in [-0.4, -0.2) is 43.6 Å². The topological polar surface area (TPSA) is 61.9 Å². The summed E-state index contributed by atoms with van der Waals surface area (Å²) in [6.45, 7) is 6.78. The summed E-state index contributed by atoms with van der Waals surface area (Å²) in [6.07, 6.45) is 7.09. The maximum atomic E-state index is 12.9. The maximum Gasteiger partial charge on any atom is 0.191 e. The van der Waals surface area contributed by atoms with Gasteiger partial charge in [-0.2, -0.15) is 0 Å². The van der Waals surface area contributed by atoms with E-state index in [1.807, 2.05) is 13.0 Å². The van der Waals surface area contributed by atoms with Gasteiger partial charge >= 0.3 is 0 Å². The number of hydrogen-bond donors (Lipinski definition) is 0. The summed E-state index contributed by atoms with van der Waals surface area (Å²) in [5.74, 6) is 1.64. The second-order valence-corrected chi connectivity index (χ2v) is 8.55. The van der Waals surface area contributed by atoms with E-state index < -0.39 is 0 Å². The first kappa shape index (κ1) is 18.7. The van der Waals surface area contributed by atoms with Gasteiger partial charge in [0.25, 0.3) is 0 Å². The molecule has 0 unspecified atom stereocenters. The molecule has 1 saturated heterocycles. The van der Waals surface area contributed by atoms with Gasteiger partial charge in [-0.3, -0.25) is 4.79 Å². The number of ether oxygens (including phenoxy) is 1. The lowest BCUT2D eigenvalue weighted by Crippen LogP contribution is -2.17. The maximum absolute atomic E-state index is 12.9. The molecule has 0 bridgehead atoms. The van der Waals surface area contributed by atoms with Crippen molar-refractivity contribution >= 4 is 17.5 Å². The fourth-order valence-corrected chi connectivity index (χ4v) is 5.00. The van der Waals surface area contributed by atoms with Crippen LogP contribution in [0.3, 0.4) is 0 Å². The number of rotatable bonds is 6. The molecule has 27 heavy (non-hydrogen) atoms. The van der Waals surface area contributed by atoms with Gasteiger partial charge in [-0.1, -0.05) is 18.2 Å². The lowest BCUT2D eigenvalue weighted by Gasteiger charge is -2.14. The highest BCUT2D eigenvalue weighted by Gasteiger charge is 2.22. The van der Waals surface area contributed by atoms with Crippen LogP contribution in [0.4, 0.5) is 0 Å². The number of hydrogen-bond acceptors (Lipinski definition) is 5. The molecule has 0 saturated carbocycles. The van der Waals surface area contributed by atoms with Gasteiger partial charge in [0.05, 0.1) is 11.9 Å². The summed E-state index contributed by atoms with van der Waals surface area (Å²) in [7, 11) is 0. The molecular formula is C20H28N4O2S. The predicted octanol–water partition coefficient (Wildman–Crippen LogP) is 3.58. The SMILES string of the molecule is Cc1cc(C(=O)CSc2nnc3n2CCCCC3)c(C)n1C[C@H]1CCCO1. The van der Waals surface area contributed by atoms with Crippen molar-refractivity contribution in [2.75, 3.05) is 12.4 Å². The summed E-state index contributed by atoms with van der Waals surface area (Å²) in [5.41, 5.74) is 3.01. The van der Waals surface area contributed by atoms with Crippen LogP contribution < -0.4 is 0 Å². The molecule has 146 valence electrons. The number of carbonyl (C=O) groups excluding carboxylic acids is 1. The molecule has 2 aliphatic rings. The minimum absolute atomic E-state index is 0.165. The van der Waals surface area contributed by atoms with E-state index in [-0.39, 0.29) is 11.9 Å². The van der Waals surface area contributed by atoms with Crippen molar-refractivity contribution in [2.24, 2.45) is 0 Å².